The molecule has 0 bridgehead atoms. The van der Waals surface area contributed by atoms with Gasteiger partial charge in [0.15, 0.2) is 0 Å². The molecule has 2 aromatic rings. The van der Waals surface area contributed by atoms with Crippen LogP contribution in [0.2, 0.25) is 0 Å². The molecule has 2 aromatic carbocycles. The summed E-state index contributed by atoms with van der Waals surface area (Å²) in [4.78, 5) is 5.44. The SMILES string of the molecule is CCONC1=C[C@H]2CCc3cc(O)ccc3[C@]2(Cc2ccccc2)CC1. The molecule has 0 saturated heterocycles. The summed E-state index contributed by atoms with van der Waals surface area (Å²) >= 11 is 0. The van der Waals surface area contributed by atoms with Gasteiger partial charge in [-0.2, -0.15) is 0 Å². The number of allylic oxidation sites excluding steroid dienone is 2. The molecule has 0 spiro atoms. The van der Waals surface area contributed by atoms with Gasteiger partial charge in [-0.1, -0.05) is 42.5 Å². The van der Waals surface area contributed by atoms with E-state index < -0.39 is 0 Å². The first-order valence-corrected chi connectivity index (χ1v) is 9.66. The van der Waals surface area contributed by atoms with Crippen LogP contribution in [-0.4, -0.2) is 11.7 Å². The van der Waals surface area contributed by atoms with Crippen LogP contribution in [0.25, 0.3) is 0 Å². The van der Waals surface area contributed by atoms with Gasteiger partial charge >= 0.3 is 0 Å². The van der Waals surface area contributed by atoms with Gasteiger partial charge < -0.3 is 5.11 Å². The molecule has 2 atom stereocenters. The van der Waals surface area contributed by atoms with E-state index in [9.17, 15) is 5.11 Å². The minimum atomic E-state index is 0.0973. The normalized spacial score (nSPS) is 24.3. The largest absolute Gasteiger partial charge is 0.508 e. The van der Waals surface area contributed by atoms with Gasteiger partial charge in [0.1, 0.15) is 5.75 Å². The van der Waals surface area contributed by atoms with E-state index in [4.69, 9.17) is 4.84 Å². The van der Waals surface area contributed by atoms with Crippen LogP contribution in [0.4, 0.5) is 0 Å². The number of phenols is 1. The molecule has 0 heterocycles. The van der Waals surface area contributed by atoms with Crippen LogP contribution in [-0.2, 0) is 23.1 Å². The number of fused-ring (bicyclic) bond motifs is 3. The van der Waals surface area contributed by atoms with Crippen LogP contribution in [0.1, 0.15) is 42.9 Å². The Morgan fingerprint density at radius 3 is 2.81 bits per heavy atom. The van der Waals surface area contributed by atoms with Crippen molar-refractivity contribution in [3.8, 4) is 5.75 Å². The average Bonchev–Trinajstić information content (AvgIpc) is 2.67. The summed E-state index contributed by atoms with van der Waals surface area (Å²) in [6.45, 7) is 2.67. The van der Waals surface area contributed by atoms with E-state index in [0.29, 0.717) is 18.3 Å². The molecule has 2 aliphatic rings. The minimum Gasteiger partial charge on any atom is -0.508 e. The smallest absolute Gasteiger partial charge is 0.115 e. The highest BCUT2D eigenvalue weighted by Crippen LogP contribution is 2.51. The van der Waals surface area contributed by atoms with Gasteiger partial charge in [0, 0.05) is 11.1 Å². The fourth-order valence-corrected chi connectivity index (χ4v) is 4.83. The van der Waals surface area contributed by atoms with Crippen molar-refractivity contribution in [3.05, 3.63) is 77.0 Å². The monoisotopic (exact) mass is 349 g/mol. The zero-order chi connectivity index (χ0) is 18.0. The Labute approximate surface area is 155 Å². The summed E-state index contributed by atoms with van der Waals surface area (Å²) in [5.41, 5.74) is 8.56. The number of aryl methyl sites for hydroxylation is 1. The lowest BCUT2D eigenvalue weighted by Crippen LogP contribution is -2.44. The van der Waals surface area contributed by atoms with Gasteiger partial charge in [0.2, 0.25) is 0 Å². The van der Waals surface area contributed by atoms with Crippen molar-refractivity contribution in [2.45, 2.75) is 44.4 Å². The number of aromatic hydroxyl groups is 1. The highest BCUT2D eigenvalue weighted by atomic mass is 16.6. The van der Waals surface area contributed by atoms with Crippen LogP contribution in [0.15, 0.2) is 60.3 Å². The summed E-state index contributed by atoms with van der Waals surface area (Å²) in [5, 5.41) is 9.96. The van der Waals surface area contributed by atoms with E-state index in [0.717, 1.165) is 32.1 Å². The van der Waals surface area contributed by atoms with Gasteiger partial charge in [-0.05, 0) is 73.8 Å². The fourth-order valence-electron chi connectivity index (χ4n) is 4.83. The second-order valence-electron chi connectivity index (χ2n) is 7.53. The Morgan fingerprint density at radius 1 is 1.15 bits per heavy atom. The molecule has 2 N–H and O–H groups in total. The fraction of sp³-hybridized carbons (Fsp3) is 0.391. The molecule has 0 amide bonds. The summed E-state index contributed by atoms with van der Waals surface area (Å²) in [6.07, 6.45) is 7.65. The van der Waals surface area contributed by atoms with E-state index in [1.54, 1.807) is 0 Å². The summed E-state index contributed by atoms with van der Waals surface area (Å²) in [6, 6.07) is 16.8. The number of hydrogen-bond donors (Lipinski definition) is 2. The van der Waals surface area contributed by atoms with Crippen molar-refractivity contribution in [2.24, 2.45) is 5.92 Å². The molecule has 0 radical (unpaired) electrons. The molecule has 3 nitrogen and oxygen atoms in total. The van der Waals surface area contributed by atoms with E-state index in [1.165, 1.54) is 22.4 Å². The quantitative estimate of drug-likeness (QED) is 0.772. The molecule has 3 heteroatoms. The van der Waals surface area contributed by atoms with E-state index in [1.807, 2.05) is 19.1 Å². The van der Waals surface area contributed by atoms with Crippen LogP contribution < -0.4 is 5.48 Å². The van der Waals surface area contributed by atoms with Crippen LogP contribution in [0, 0.1) is 5.92 Å². The van der Waals surface area contributed by atoms with Crippen LogP contribution in [0.5, 0.6) is 5.75 Å². The van der Waals surface area contributed by atoms with Gasteiger partial charge in [0.05, 0.1) is 6.61 Å². The Morgan fingerprint density at radius 2 is 2.00 bits per heavy atom. The highest BCUT2D eigenvalue weighted by Gasteiger charge is 2.45. The molecule has 26 heavy (non-hydrogen) atoms. The third-order valence-corrected chi connectivity index (χ3v) is 6.01. The number of hydrogen-bond acceptors (Lipinski definition) is 3. The Balaban J connectivity index is 1.75. The topological polar surface area (TPSA) is 41.5 Å². The van der Waals surface area contributed by atoms with E-state index in [2.05, 4.69) is 48.0 Å². The number of nitrogens with one attached hydrogen (secondary N) is 1. The van der Waals surface area contributed by atoms with Crippen LogP contribution >= 0.6 is 0 Å². The van der Waals surface area contributed by atoms with Gasteiger partial charge in [-0.15, -0.1) is 0 Å². The molecule has 0 unspecified atom stereocenters. The average molecular weight is 349 g/mol. The van der Waals surface area contributed by atoms with Crippen LogP contribution in [0.3, 0.4) is 0 Å². The maximum Gasteiger partial charge on any atom is 0.115 e. The van der Waals surface area contributed by atoms with E-state index >= 15 is 0 Å². The zero-order valence-electron chi connectivity index (χ0n) is 15.4. The Bertz CT molecular complexity index is 799. The predicted octanol–water partition coefficient (Wildman–Crippen LogP) is 4.65. The number of rotatable bonds is 5. The lowest BCUT2D eigenvalue weighted by Gasteiger charge is -2.48. The zero-order valence-corrected chi connectivity index (χ0v) is 15.4. The minimum absolute atomic E-state index is 0.0973. The number of benzene rings is 2. The van der Waals surface area contributed by atoms with Crippen molar-refractivity contribution in [2.75, 3.05) is 6.61 Å². The van der Waals surface area contributed by atoms with E-state index in [-0.39, 0.29) is 5.41 Å². The molecule has 0 aromatic heterocycles. The summed E-state index contributed by atoms with van der Waals surface area (Å²) in [7, 11) is 0. The van der Waals surface area contributed by atoms with Gasteiger partial charge in [0.25, 0.3) is 0 Å². The van der Waals surface area contributed by atoms with Crippen molar-refractivity contribution in [1.29, 1.82) is 0 Å². The first-order valence-electron chi connectivity index (χ1n) is 9.66. The molecule has 0 saturated carbocycles. The molecular weight excluding hydrogens is 322 g/mol. The van der Waals surface area contributed by atoms with Gasteiger partial charge in [-0.3, -0.25) is 10.3 Å². The summed E-state index contributed by atoms with van der Waals surface area (Å²) < 4.78 is 0. The molecule has 136 valence electrons. The predicted molar refractivity (Wildman–Crippen MR) is 104 cm³/mol. The van der Waals surface area contributed by atoms with Crippen molar-refractivity contribution in [1.82, 2.24) is 5.48 Å². The third-order valence-electron chi connectivity index (χ3n) is 6.01. The second-order valence-corrected chi connectivity index (χ2v) is 7.53. The molecular formula is C23H27NO2. The first-order chi connectivity index (χ1) is 12.7. The maximum absolute atomic E-state index is 9.96. The molecule has 0 aliphatic heterocycles. The second kappa shape index (κ2) is 7.16. The maximum atomic E-state index is 9.96. The molecule has 0 fully saturated rings. The highest BCUT2D eigenvalue weighted by molar-refractivity contribution is 5.45. The van der Waals surface area contributed by atoms with Gasteiger partial charge in [-0.25, -0.2) is 0 Å². The molecule has 4 rings (SSSR count). The number of hydroxylamine groups is 1. The van der Waals surface area contributed by atoms with Crippen molar-refractivity contribution >= 4 is 0 Å². The first kappa shape index (κ1) is 17.2. The summed E-state index contributed by atoms with van der Waals surface area (Å²) in [5.74, 6) is 0.860. The lowest BCUT2D eigenvalue weighted by molar-refractivity contribution is 0.0653. The standard InChI is InChI=1S/C23H27NO2/c1-2-26-24-20-12-13-23(16-17-6-4-3-5-7-17)19(15-20)9-8-18-14-21(25)10-11-22(18)23/h3-7,10-11,14-15,19,24-25H,2,8-9,12-13,16H2,1H3/t19-,23+/m1/s1. The number of phenolic OH excluding ortho intramolecular Hbond substituents is 1. The molecule has 2 aliphatic carbocycles. The Hall–Kier alpha value is -2.26. The lowest BCUT2D eigenvalue weighted by atomic mass is 9.56. The Kier molecular flexibility index (Phi) is 4.73. The third kappa shape index (κ3) is 3.12. The van der Waals surface area contributed by atoms with Crippen molar-refractivity contribution in [3.63, 3.8) is 0 Å². The van der Waals surface area contributed by atoms with Crippen molar-refractivity contribution < 1.29 is 9.94 Å².